The predicted octanol–water partition coefficient (Wildman–Crippen LogP) is 0.323. The van der Waals surface area contributed by atoms with Crippen LogP contribution >= 0.6 is 11.8 Å². The van der Waals surface area contributed by atoms with E-state index >= 15 is 0 Å². The van der Waals surface area contributed by atoms with E-state index in [1.54, 1.807) is 6.92 Å². The third-order valence-corrected chi connectivity index (χ3v) is 5.77. The van der Waals surface area contributed by atoms with Gasteiger partial charge in [0.05, 0.1) is 24.7 Å². The van der Waals surface area contributed by atoms with Gasteiger partial charge in [-0.1, -0.05) is 11.8 Å². The van der Waals surface area contributed by atoms with Crippen molar-refractivity contribution < 1.29 is 33.4 Å². The molecule has 2 rings (SSSR count). The van der Waals surface area contributed by atoms with Crippen molar-refractivity contribution in [3.8, 4) is 0 Å². The zero-order chi connectivity index (χ0) is 18.2. The number of hydrogen-bond acceptors (Lipinski definition) is 7. The molecule has 2 amide bonds. The Morgan fingerprint density at radius 2 is 2.00 bits per heavy atom. The van der Waals surface area contributed by atoms with Gasteiger partial charge in [-0.05, 0) is 26.6 Å². The summed E-state index contributed by atoms with van der Waals surface area (Å²) in [4.78, 5) is 48.0. The third-order valence-electron chi connectivity index (χ3n) is 3.80. The molecule has 0 saturated carbocycles. The molecule has 24 heavy (non-hydrogen) atoms. The van der Waals surface area contributed by atoms with Gasteiger partial charge >= 0.3 is 11.9 Å². The zero-order valence-electron chi connectivity index (χ0n) is 14.0. The van der Waals surface area contributed by atoms with E-state index in [0.29, 0.717) is 17.3 Å². The van der Waals surface area contributed by atoms with Gasteiger partial charge in [0.2, 0.25) is 11.0 Å². The normalized spacial score (nSPS) is 29.2. The maximum atomic E-state index is 12.4. The number of carboxylic acids is 1. The van der Waals surface area contributed by atoms with Gasteiger partial charge in [0.25, 0.3) is 0 Å². The molecule has 2 fully saturated rings. The number of likely N-dealkylation sites (tertiary alicyclic amines) is 1. The SMILES string of the molecule is C[C@@H](O[Si](C)(C)C)[C@H]1C(=O)N(C(=O)C(=O)O)[C@@H]1[C@H]1OCCSC1=O. The Kier molecular flexibility index (Phi) is 5.53. The molecule has 0 aromatic rings. The molecule has 0 spiro atoms. The molecular weight excluding hydrogens is 354 g/mol. The summed E-state index contributed by atoms with van der Waals surface area (Å²) in [6.07, 6.45) is -1.54. The number of imide groups is 1. The molecule has 8 nitrogen and oxygen atoms in total. The fourth-order valence-corrected chi connectivity index (χ4v) is 5.02. The Balaban J connectivity index is 2.28. The van der Waals surface area contributed by atoms with Gasteiger partial charge in [-0.2, -0.15) is 0 Å². The van der Waals surface area contributed by atoms with Crippen molar-refractivity contribution >= 4 is 43.0 Å². The van der Waals surface area contributed by atoms with Gasteiger partial charge in [0.1, 0.15) is 6.10 Å². The van der Waals surface area contributed by atoms with Crippen LogP contribution in [0.1, 0.15) is 6.92 Å². The Labute approximate surface area is 145 Å². The van der Waals surface area contributed by atoms with E-state index < -0.39 is 50.3 Å². The van der Waals surface area contributed by atoms with Crippen molar-refractivity contribution in [2.75, 3.05) is 12.4 Å². The zero-order valence-corrected chi connectivity index (χ0v) is 15.8. The Hall–Kier alpha value is -1.23. The summed E-state index contributed by atoms with van der Waals surface area (Å²) in [6, 6.07) is -0.937. The van der Waals surface area contributed by atoms with Crippen molar-refractivity contribution in [1.29, 1.82) is 0 Å². The summed E-state index contributed by atoms with van der Waals surface area (Å²) in [6.45, 7) is 7.88. The quantitative estimate of drug-likeness (QED) is 0.425. The smallest absolute Gasteiger partial charge is 0.395 e. The number of carbonyl (C=O) groups is 4. The molecule has 4 atom stereocenters. The van der Waals surface area contributed by atoms with Gasteiger partial charge in [-0.15, -0.1) is 0 Å². The van der Waals surface area contributed by atoms with Gasteiger partial charge < -0.3 is 14.3 Å². The highest BCUT2D eigenvalue weighted by Crippen LogP contribution is 2.38. The Morgan fingerprint density at radius 1 is 1.38 bits per heavy atom. The number of thioether (sulfide) groups is 1. The molecule has 134 valence electrons. The molecule has 0 aromatic carbocycles. The summed E-state index contributed by atoms with van der Waals surface area (Å²) in [5, 5.41) is 8.63. The lowest BCUT2D eigenvalue weighted by atomic mass is 9.80. The number of β-lactam (4-membered cyclic amide) rings is 1. The first-order valence-electron chi connectivity index (χ1n) is 7.61. The minimum absolute atomic E-state index is 0.299. The Bertz CT molecular complexity index is 576. The van der Waals surface area contributed by atoms with Crippen LogP contribution in [0.4, 0.5) is 0 Å². The van der Waals surface area contributed by atoms with Crippen LogP contribution in [-0.4, -0.2) is 71.8 Å². The topological polar surface area (TPSA) is 110 Å². The first kappa shape index (κ1) is 19.1. The van der Waals surface area contributed by atoms with Gasteiger partial charge in [0, 0.05) is 5.75 Å². The molecular formula is C14H21NO7SSi. The van der Waals surface area contributed by atoms with Crippen LogP contribution in [0.5, 0.6) is 0 Å². The largest absolute Gasteiger partial charge is 0.474 e. The van der Waals surface area contributed by atoms with E-state index in [1.807, 2.05) is 19.6 Å². The second-order valence-electron chi connectivity index (χ2n) is 6.73. The molecule has 10 heteroatoms. The van der Waals surface area contributed by atoms with Crippen molar-refractivity contribution in [1.82, 2.24) is 4.90 Å². The molecule has 2 saturated heterocycles. The van der Waals surface area contributed by atoms with Crippen LogP contribution in [0.15, 0.2) is 0 Å². The highest BCUT2D eigenvalue weighted by molar-refractivity contribution is 8.13. The van der Waals surface area contributed by atoms with Crippen LogP contribution in [0, 0.1) is 5.92 Å². The van der Waals surface area contributed by atoms with Crippen LogP contribution in [0.2, 0.25) is 19.6 Å². The molecule has 0 aliphatic carbocycles. The molecule has 2 aliphatic rings. The second kappa shape index (κ2) is 6.94. The minimum Gasteiger partial charge on any atom is -0.474 e. The van der Waals surface area contributed by atoms with E-state index in [1.165, 1.54) is 0 Å². The average molecular weight is 375 g/mol. The number of carboxylic acid groups (broad SMARTS) is 1. The van der Waals surface area contributed by atoms with Crippen LogP contribution in [0.25, 0.3) is 0 Å². The lowest BCUT2D eigenvalue weighted by molar-refractivity contribution is -0.187. The minimum atomic E-state index is -1.97. The van der Waals surface area contributed by atoms with E-state index in [9.17, 15) is 19.2 Å². The molecule has 0 unspecified atom stereocenters. The molecule has 1 N–H and O–H groups in total. The van der Waals surface area contributed by atoms with Gasteiger partial charge in [-0.3, -0.25) is 19.3 Å². The lowest BCUT2D eigenvalue weighted by Gasteiger charge is -2.50. The summed E-state index contributed by atoms with van der Waals surface area (Å²) in [7, 11) is -1.97. The maximum absolute atomic E-state index is 12.4. The van der Waals surface area contributed by atoms with Crippen molar-refractivity contribution in [3.05, 3.63) is 0 Å². The lowest BCUT2D eigenvalue weighted by Crippen LogP contribution is -2.73. The van der Waals surface area contributed by atoms with Crippen molar-refractivity contribution in [2.24, 2.45) is 5.92 Å². The van der Waals surface area contributed by atoms with E-state index in [2.05, 4.69) is 0 Å². The number of carbonyl (C=O) groups excluding carboxylic acids is 3. The standard InChI is InChI=1S/C14H21NO7SSi/c1-7(22-24(2,3)4)8-9(10-14(20)23-6-5-21-10)15(11(8)16)12(17)13(18)19/h7-10H,5-6H2,1-4H3,(H,18,19)/t7-,8-,9+,10-/m1/s1. The monoisotopic (exact) mass is 375 g/mol. The first-order valence-corrected chi connectivity index (χ1v) is 12.0. The number of nitrogens with zero attached hydrogens (tertiary/aromatic N) is 1. The number of hydrogen-bond donors (Lipinski definition) is 1. The van der Waals surface area contributed by atoms with Crippen LogP contribution < -0.4 is 0 Å². The third kappa shape index (κ3) is 3.71. The van der Waals surface area contributed by atoms with E-state index in [4.69, 9.17) is 14.3 Å². The van der Waals surface area contributed by atoms with Crippen molar-refractivity contribution in [3.63, 3.8) is 0 Å². The molecule has 0 aromatic heterocycles. The maximum Gasteiger partial charge on any atom is 0.395 e. The van der Waals surface area contributed by atoms with E-state index in [0.717, 1.165) is 11.8 Å². The molecule has 0 radical (unpaired) electrons. The van der Waals surface area contributed by atoms with Gasteiger partial charge in [0.15, 0.2) is 8.32 Å². The fraction of sp³-hybridized carbons (Fsp3) is 0.714. The molecule has 2 aliphatic heterocycles. The Morgan fingerprint density at radius 3 is 2.50 bits per heavy atom. The molecule has 2 heterocycles. The summed E-state index contributed by atoms with van der Waals surface area (Å²) in [5.41, 5.74) is 0. The second-order valence-corrected chi connectivity index (χ2v) is 12.3. The highest BCUT2D eigenvalue weighted by atomic mass is 32.2. The number of amides is 2. The predicted molar refractivity (Wildman–Crippen MR) is 87.9 cm³/mol. The van der Waals surface area contributed by atoms with Crippen molar-refractivity contribution in [2.45, 2.75) is 44.8 Å². The number of ether oxygens (including phenoxy) is 1. The fourth-order valence-electron chi connectivity index (χ4n) is 3.01. The summed E-state index contributed by atoms with van der Waals surface area (Å²) in [5.74, 6) is -3.98. The van der Waals surface area contributed by atoms with Crippen LogP contribution in [-0.2, 0) is 28.3 Å². The summed E-state index contributed by atoms with van der Waals surface area (Å²) < 4.78 is 11.4. The molecule has 0 bridgehead atoms. The number of rotatable bonds is 4. The van der Waals surface area contributed by atoms with E-state index in [-0.39, 0.29) is 5.12 Å². The first-order chi connectivity index (χ1) is 11.0. The highest BCUT2D eigenvalue weighted by Gasteiger charge is 2.60. The summed E-state index contributed by atoms with van der Waals surface area (Å²) >= 11 is 1.06. The van der Waals surface area contributed by atoms with Crippen LogP contribution in [0.3, 0.4) is 0 Å². The van der Waals surface area contributed by atoms with Gasteiger partial charge in [-0.25, -0.2) is 4.79 Å². The average Bonchev–Trinajstić information content (AvgIpc) is 2.43. The number of aliphatic carboxylic acids is 1.